The molecule has 1 atom stereocenters. The average molecular weight is 566 g/mol. The molecule has 1 unspecified atom stereocenters. The Bertz CT molecular complexity index is 1270. The number of para-hydroxylation sites is 1. The molecule has 0 bridgehead atoms. The van der Waals surface area contributed by atoms with Crippen molar-refractivity contribution in [2.45, 2.75) is 105 Å². The molecule has 0 spiro atoms. The van der Waals surface area contributed by atoms with Crippen LogP contribution >= 0.6 is 7.92 Å². The zero-order valence-corrected chi connectivity index (χ0v) is 27.6. The molecule has 0 fully saturated rings. The first-order chi connectivity index (χ1) is 17.7. The van der Waals surface area contributed by atoms with Crippen LogP contribution in [0, 0.1) is 0 Å². The molecular formula is C34H46O3PS-. The van der Waals surface area contributed by atoms with Gasteiger partial charge in [0.2, 0.25) is 0 Å². The molecule has 0 heterocycles. The molecule has 0 aliphatic heterocycles. The van der Waals surface area contributed by atoms with E-state index in [0.29, 0.717) is 5.75 Å². The third kappa shape index (κ3) is 7.40. The van der Waals surface area contributed by atoms with E-state index in [1.807, 2.05) is 18.2 Å². The topological polar surface area (TPSA) is 49.4 Å². The maximum atomic E-state index is 11.7. The summed E-state index contributed by atoms with van der Waals surface area (Å²) in [4.78, 5) is 0. The van der Waals surface area contributed by atoms with Gasteiger partial charge < -0.3 is 8.74 Å². The quantitative estimate of drug-likeness (QED) is 0.234. The molecule has 3 aromatic rings. The van der Waals surface area contributed by atoms with Crippen molar-refractivity contribution in [2.24, 2.45) is 0 Å². The van der Waals surface area contributed by atoms with Gasteiger partial charge in [0.05, 0.1) is 0 Å². The van der Waals surface area contributed by atoms with Gasteiger partial charge in [-0.3, -0.25) is 0 Å². The first kappa shape index (κ1) is 31.5. The highest BCUT2D eigenvalue weighted by atomic mass is 32.2. The largest absolute Gasteiger partial charge is 0.740 e. The molecule has 5 heteroatoms. The molecular weight excluding hydrogens is 519 g/mol. The van der Waals surface area contributed by atoms with Crippen molar-refractivity contribution in [3.05, 3.63) is 82.9 Å². The highest BCUT2D eigenvalue weighted by Gasteiger charge is 2.31. The minimum absolute atomic E-state index is 0.00185. The predicted molar refractivity (Wildman–Crippen MR) is 169 cm³/mol. The summed E-state index contributed by atoms with van der Waals surface area (Å²) in [5.74, 6) is 0.381. The van der Waals surface area contributed by atoms with Gasteiger partial charge in [-0.1, -0.05) is 126 Å². The molecule has 0 aromatic heterocycles. The summed E-state index contributed by atoms with van der Waals surface area (Å²) in [5.41, 5.74) is 5.17. The fourth-order valence-corrected chi connectivity index (χ4v) is 7.85. The summed E-state index contributed by atoms with van der Waals surface area (Å²) in [6, 6.07) is 21.3. The molecule has 3 aromatic carbocycles. The molecule has 0 saturated heterocycles. The van der Waals surface area contributed by atoms with Crippen molar-refractivity contribution < 1.29 is 12.9 Å². The minimum atomic E-state index is -2.66. The number of benzene rings is 3. The van der Waals surface area contributed by atoms with Crippen LogP contribution in [0.2, 0.25) is 0 Å². The molecule has 0 aliphatic rings. The van der Waals surface area contributed by atoms with Gasteiger partial charge in [0.15, 0.2) is 0 Å². The van der Waals surface area contributed by atoms with Crippen molar-refractivity contribution in [1.29, 1.82) is 0 Å². The molecule has 39 heavy (non-hydrogen) atoms. The Morgan fingerprint density at radius 1 is 0.590 bits per heavy atom. The minimum Gasteiger partial charge on any atom is -0.740 e. The van der Waals surface area contributed by atoms with Crippen LogP contribution in [0.25, 0.3) is 0 Å². The van der Waals surface area contributed by atoms with Crippen LogP contribution in [0.3, 0.4) is 0 Å². The molecule has 3 rings (SSSR count). The molecule has 0 aliphatic carbocycles. The van der Waals surface area contributed by atoms with E-state index in [1.54, 1.807) is 6.07 Å². The van der Waals surface area contributed by atoms with Crippen molar-refractivity contribution in [3.8, 4) is 5.75 Å². The van der Waals surface area contributed by atoms with Crippen LogP contribution in [0.5, 0.6) is 5.75 Å². The number of rotatable bonds is 5. The molecule has 212 valence electrons. The Morgan fingerprint density at radius 3 is 1.33 bits per heavy atom. The zero-order valence-electron chi connectivity index (χ0n) is 25.9. The van der Waals surface area contributed by atoms with E-state index in [1.165, 1.54) is 32.9 Å². The Balaban J connectivity index is 2.42. The van der Waals surface area contributed by atoms with E-state index in [0.717, 1.165) is 5.30 Å². The van der Waals surface area contributed by atoms with Crippen molar-refractivity contribution in [3.63, 3.8) is 0 Å². The maximum Gasteiger partial charge on any atom is 0.147 e. The summed E-state index contributed by atoms with van der Waals surface area (Å²) < 4.78 is 28.7. The average Bonchev–Trinajstić information content (AvgIpc) is 2.77. The van der Waals surface area contributed by atoms with Crippen LogP contribution in [0.4, 0.5) is 0 Å². The SMILES string of the molecule is CC(C)(C)c1ccc(P(c2ccc(C(C)(C)C)c(C(C)(C)C)c2)c2ccccc2OS(=O)[O-])cc1C(C)(C)C. The third-order valence-electron chi connectivity index (χ3n) is 7.02. The summed E-state index contributed by atoms with van der Waals surface area (Å²) >= 11 is -2.66. The Kier molecular flexibility index (Phi) is 8.98. The van der Waals surface area contributed by atoms with Crippen LogP contribution in [-0.4, -0.2) is 8.76 Å². The van der Waals surface area contributed by atoms with Crippen LogP contribution in [0.1, 0.15) is 105 Å². The lowest BCUT2D eigenvalue weighted by Gasteiger charge is -2.33. The number of hydrogen-bond donors (Lipinski definition) is 0. The zero-order chi connectivity index (χ0) is 29.6. The molecule has 0 radical (unpaired) electrons. The summed E-state index contributed by atoms with van der Waals surface area (Å²) in [7, 11) is -1.12. The van der Waals surface area contributed by atoms with Crippen LogP contribution in [-0.2, 0) is 33.0 Å². The highest BCUT2D eigenvalue weighted by molar-refractivity contribution is 7.80. The fourth-order valence-electron chi connectivity index (χ4n) is 5.10. The van der Waals surface area contributed by atoms with E-state index < -0.39 is 19.3 Å². The Labute approximate surface area is 241 Å². The summed E-state index contributed by atoms with van der Waals surface area (Å²) in [6.07, 6.45) is 0. The van der Waals surface area contributed by atoms with Crippen LogP contribution in [0.15, 0.2) is 60.7 Å². The fraction of sp³-hybridized carbons (Fsp3) is 0.471. The first-order valence-electron chi connectivity index (χ1n) is 13.7. The predicted octanol–water partition coefficient (Wildman–Crippen LogP) is 7.81. The normalized spacial score (nSPS) is 14.0. The lowest BCUT2D eigenvalue weighted by molar-refractivity contribution is 0.442. The van der Waals surface area contributed by atoms with E-state index in [9.17, 15) is 8.76 Å². The smallest absolute Gasteiger partial charge is 0.147 e. The van der Waals surface area contributed by atoms with Crippen molar-refractivity contribution >= 4 is 35.2 Å². The van der Waals surface area contributed by atoms with E-state index in [2.05, 4.69) is 119 Å². The Hall–Kier alpha value is -2.00. The van der Waals surface area contributed by atoms with Gasteiger partial charge in [-0.2, -0.15) is 0 Å². The van der Waals surface area contributed by atoms with Gasteiger partial charge >= 0.3 is 0 Å². The lowest BCUT2D eigenvalue weighted by Crippen LogP contribution is -2.29. The van der Waals surface area contributed by atoms with E-state index >= 15 is 0 Å². The van der Waals surface area contributed by atoms with Gasteiger partial charge in [0.1, 0.15) is 17.1 Å². The third-order valence-corrected chi connectivity index (χ3v) is 9.77. The van der Waals surface area contributed by atoms with Gasteiger partial charge in [0, 0.05) is 5.30 Å². The monoisotopic (exact) mass is 565 g/mol. The van der Waals surface area contributed by atoms with E-state index in [4.69, 9.17) is 4.18 Å². The van der Waals surface area contributed by atoms with Gasteiger partial charge in [-0.05, 0) is 80.6 Å². The molecule has 0 amide bonds. The lowest BCUT2D eigenvalue weighted by atomic mass is 9.75. The summed E-state index contributed by atoms with van der Waals surface area (Å²) in [6.45, 7) is 27.1. The molecule has 3 nitrogen and oxygen atoms in total. The molecule has 0 N–H and O–H groups in total. The standard InChI is InChI=1S/C34H47O3PS/c1-31(2,3)25-19-17-23(21-27(25)33(7,8)9)38(30-16-14-13-15-29(30)37-39(35)36)24-18-20-26(32(4,5)6)28(22-24)34(10,11)12/h13-22H,1-12H3,(H,35,36)/p-1. The molecule has 0 saturated carbocycles. The van der Waals surface area contributed by atoms with Gasteiger partial charge in [-0.25, -0.2) is 4.21 Å². The maximum absolute atomic E-state index is 11.7. The summed E-state index contributed by atoms with van der Waals surface area (Å²) in [5, 5.41) is 3.25. The second-order valence-corrected chi connectivity index (χ2v) is 17.3. The van der Waals surface area contributed by atoms with Crippen LogP contribution < -0.4 is 20.1 Å². The van der Waals surface area contributed by atoms with Gasteiger partial charge in [0.25, 0.3) is 0 Å². The second kappa shape index (κ2) is 11.1. The second-order valence-electron chi connectivity index (χ2n) is 14.6. The van der Waals surface area contributed by atoms with Gasteiger partial charge in [-0.15, -0.1) is 0 Å². The number of hydrogen-bond acceptors (Lipinski definition) is 3. The Morgan fingerprint density at radius 2 is 0.974 bits per heavy atom. The van der Waals surface area contributed by atoms with Crippen molar-refractivity contribution in [2.75, 3.05) is 0 Å². The highest BCUT2D eigenvalue weighted by Crippen LogP contribution is 2.42. The van der Waals surface area contributed by atoms with Crippen molar-refractivity contribution in [1.82, 2.24) is 0 Å². The first-order valence-corrected chi connectivity index (χ1v) is 16.0. The van der Waals surface area contributed by atoms with E-state index in [-0.39, 0.29) is 21.7 Å².